The van der Waals surface area contributed by atoms with E-state index >= 15 is 0 Å². The Morgan fingerprint density at radius 3 is 1.69 bits per heavy atom. The first-order chi connectivity index (χ1) is 14.0. The Balaban J connectivity index is 2.28. The van der Waals surface area contributed by atoms with E-state index in [1.165, 1.54) is 0 Å². The molecule has 3 rings (SSSR count). The van der Waals surface area contributed by atoms with Crippen molar-refractivity contribution in [3.63, 3.8) is 0 Å². The lowest BCUT2D eigenvalue weighted by Crippen LogP contribution is -2.28. The normalized spacial score (nSPS) is 11.2. The number of benzene rings is 3. The summed E-state index contributed by atoms with van der Waals surface area (Å²) in [6.07, 6.45) is 0. The van der Waals surface area contributed by atoms with Crippen molar-refractivity contribution in [1.29, 1.82) is 0 Å². The van der Waals surface area contributed by atoms with Crippen molar-refractivity contribution in [3.8, 4) is 0 Å². The van der Waals surface area contributed by atoms with E-state index in [0.29, 0.717) is 5.56 Å². The third-order valence-electron chi connectivity index (χ3n) is 4.07. The summed E-state index contributed by atoms with van der Waals surface area (Å²) >= 11 is 0. The SMILES string of the molecule is CCOC(=O)C(=S(c1ccccc1)c1ccccc1)S(=O)(=O)Cc1ccccc1. The van der Waals surface area contributed by atoms with Gasteiger partial charge in [-0.1, -0.05) is 77.2 Å². The molecule has 0 aromatic heterocycles. The van der Waals surface area contributed by atoms with E-state index in [2.05, 4.69) is 0 Å². The Morgan fingerprint density at radius 1 is 0.793 bits per heavy atom. The van der Waals surface area contributed by atoms with E-state index < -0.39 is 26.3 Å². The van der Waals surface area contributed by atoms with Crippen LogP contribution in [0.4, 0.5) is 0 Å². The van der Waals surface area contributed by atoms with Gasteiger partial charge in [-0.25, -0.2) is 13.2 Å². The molecule has 3 aromatic carbocycles. The number of hydrogen-bond donors (Lipinski definition) is 0. The van der Waals surface area contributed by atoms with Gasteiger partial charge in [-0.2, -0.15) is 0 Å². The molecule has 4 nitrogen and oxygen atoms in total. The first kappa shape index (κ1) is 21.0. The van der Waals surface area contributed by atoms with Gasteiger partial charge < -0.3 is 4.74 Å². The molecule has 0 saturated heterocycles. The maximum atomic E-state index is 13.5. The largest absolute Gasteiger partial charge is 0.462 e. The quantitative estimate of drug-likeness (QED) is 0.439. The average Bonchev–Trinajstić information content (AvgIpc) is 2.73. The molecule has 3 aromatic rings. The van der Waals surface area contributed by atoms with Crippen LogP contribution in [-0.4, -0.2) is 25.2 Å². The van der Waals surface area contributed by atoms with E-state index in [9.17, 15) is 13.2 Å². The zero-order valence-electron chi connectivity index (χ0n) is 16.0. The molecule has 0 atom stereocenters. The van der Waals surface area contributed by atoms with Crippen molar-refractivity contribution in [1.82, 2.24) is 0 Å². The van der Waals surface area contributed by atoms with Crippen LogP contribution in [0.1, 0.15) is 12.5 Å². The fourth-order valence-corrected chi connectivity index (χ4v) is 7.48. The molecule has 150 valence electrons. The molecule has 0 unspecified atom stereocenters. The number of hydrogen-bond acceptors (Lipinski definition) is 4. The summed E-state index contributed by atoms with van der Waals surface area (Å²) in [4.78, 5) is 14.4. The highest BCUT2D eigenvalue weighted by atomic mass is 32.2. The van der Waals surface area contributed by atoms with Crippen LogP contribution in [0.15, 0.2) is 101 Å². The summed E-state index contributed by atoms with van der Waals surface area (Å²) in [5.74, 6) is -1.05. The van der Waals surface area contributed by atoms with E-state index in [1.807, 2.05) is 66.7 Å². The van der Waals surface area contributed by atoms with Crippen LogP contribution in [0.25, 0.3) is 0 Å². The molecular formula is C23H22O4S2. The smallest absolute Gasteiger partial charge is 0.356 e. The van der Waals surface area contributed by atoms with Gasteiger partial charge in [0.2, 0.25) is 0 Å². The molecule has 0 N–H and O–H groups in total. The van der Waals surface area contributed by atoms with Crippen LogP contribution in [-0.2, 0) is 25.1 Å². The molecule has 0 aliphatic carbocycles. The Kier molecular flexibility index (Phi) is 7.01. The Morgan fingerprint density at radius 2 is 1.24 bits per heavy atom. The zero-order valence-corrected chi connectivity index (χ0v) is 17.7. The summed E-state index contributed by atoms with van der Waals surface area (Å²) < 4.78 is 31.9. The fourth-order valence-electron chi connectivity index (χ4n) is 2.85. The molecule has 0 aliphatic rings. The van der Waals surface area contributed by atoms with Gasteiger partial charge in [-0.05, 0) is 36.8 Å². The van der Waals surface area contributed by atoms with Gasteiger partial charge in [-0.15, -0.1) is 0 Å². The molecular weight excluding hydrogens is 404 g/mol. The number of esters is 1. The highest BCUT2D eigenvalue weighted by molar-refractivity contribution is 8.32. The third kappa shape index (κ3) is 5.22. The van der Waals surface area contributed by atoms with Crippen LogP contribution in [0, 0.1) is 0 Å². The van der Waals surface area contributed by atoms with Crippen molar-refractivity contribution in [2.24, 2.45) is 0 Å². The zero-order chi connectivity index (χ0) is 20.7. The summed E-state index contributed by atoms with van der Waals surface area (Å²) in [6, 6.07) is 27.3. The minimum atomic E-state index is -3.94. The molecule has 0 bridgehead atoms. The predicted molar refractivity (Wildman–Crippen MR) is 118 cm³/mol. The van der Waals surface area contributed by atoms with Crippen molar-refractivity contribution in [3.05, 3.63) is 96.6 Å². The minimum absolute atomic E-state index is 0.101. The number of carbonyl (C=O) groups excluding carboxylic acids is 1. The second-order valence-electron chi connectivity index (χ2n) is 6.18. The van der Waals surface area contributed by atoms with Crippen LogP contribution in [0.5, 0.6) is 0 Å². The Bertz CT molecular complexity index is 1050. The molecule has 0 aliphatic heterocycles. The molecule has 0 radical (unpaired) electrons. The van der Waals surface area contributed by atoms with Crippen LogP contribution in [0.3, 0.4) is 0 Å². The first-order valence-corrected chi connectivity index (χ1v) is 12.1. The van der Waals surface area contributed by atoms with Crippen LogP contribution in [0.2, 0.25) is 0 Å². The average molecular weight is 427 g/mol. The van der Waals surface area contributed by atoms with Crippen LogP contribution < -0.4 is 0 Å². The lowest BCUT2D eigenvalue weighted by atomic mass is 10.2. The van der Waals surface area contributed by atoms with Crippen molar-refractivity contribution in [2.75, 3.05) is 6.61 Å². The van der Waals surface area contributed by atoms with Crippen LogP contribution >= 0.6 is 10.5 Å². The fraction of sp³-hybridized carbons (Fsp3) is 0.130. The van der Waals surface area contributed by atoms with Gasteiger partial charge in [0.25, 0.3) is 0 Å². The van der Waals surface area contributed by atoms with Gasteiger partial charge in [0, 0.05) is 9.79 Å². The predicted octanol–water partition coefficient (Wildman–Crippen LogP) is 4.68. The van der Waals surface area contributed by atoms with E-state index in [-0.39, 0.29) is 16.6 Å². The monoisotopic (exact) mass is 426 g/mol. The van der Waals surface area contributed by atoms with Gasteiger partial charge in [0.15, 0.2) is 14.0 Å². The highest BCUT2D eigenvalue weighted by Crippen LogP contribution is 2.39. The summed E-state index contributed by atoms with van der Waals surface area (Å²) in [7, 11) is -5.05. The first-order valence-electron chi connectivity index (χ1n) is 9.18. The Hall–Kier alpha value is -2.70. The second kappa shape index (κ2) is 9.67. The molecule has 0 amide bonds. The maximum Gasteiger partial charge on any atom is 0.356 e. The maximum absolute atomic E-state index is 13.5. The topological polar surface area (TPSA) is 60.4 Å². The number of ether oxygens (including phenoxy) is 1. The molecule has 0 spiro atoms. The standard InChI is InChI=1S/C23H22O4S2/c1-2-27-22(24)23(29(25,26)18-19-12-6-3-7-13-19)28(20-14-8-4-9-15-20)21-16-10-5-11-17-21/h3-17H,2,18H2,1H3. The van der Waals surface area contributed by atoms with Gasteiger partial charge >= 0.3 is 5.97 Å². The highest BCUT2D eigenvalue weighted by Gasteiger charge is 2.31. The Labute approximate surface area is 174 Å². The summed E-state index contributed by atoms with van der Waals surface area (Å²) in [5.41, 5.74) is 0.624. The van der Waals surface area contributed by atoms with Gasteiger partial charge in [0.05, 0.1) is 12.4 Å². The summed E-state index contributed by atoms with van der Waals surface area (Å²) in [6.45, 7) is 1.77. The number of carbonyl (C=O) groups is 1. The van der Waals surface area contributed by atoms with Crippen molar-refractivity contribution in [2.45, 2.75) is 22.5 Å². The molecule has 29 heavy (non-hydrogen) atoms. The molecule has 0 fully saturated rings. The van der Waals surface area contributed by atoms with E-state index in [1.54, 1.807) is 31.2 Å². The van der Waals surface area contributed by atoms with Crippen molar-refractivity contribution >= 4 is 30.5 Å². The molecule has 0 saturated carbocycles. The second-order valence-corrected chi connectivity index (χ2v) is 10.3. The van der Waals surface area contributed by atoms with Gasteiger partial charge in [0.1, 0.15) is 0 Å². The van der Waals surface area contributed by atoms with E-state index in [4.69, 9.17) is 4.74 Å². The number of rotatable bonds is 5. The molecule has 6 heteroatoms. The lowest BCUT2D eigenvalue weighted by Gasteiger charge is -2.17. The van der Waals surface area contributed by atoms with Crippen molar-refractivity contribution < 1.29 is 17.9 Å². The lowest BCUT2D eigenvalue weighted by molar-refractivity contribution is -0.134. The van der Waals surface area contributed by atoms with E-state index in [0.717, 1.165) is 9.79 Å². The number of sulfone groups is 1. The third-order valence-corrected chi connectivity index (χ3v) is 8.80. The summed E-state index contributed by atoms with van der Waals surface area (Å²) in [5, 5.41) is 0. The molecule has 0 heterocycles. The minimum Gasteiger partial charge on any atom is -0.462 e. The van der Waals surface area contributed by atoms with Gasteiger partial charge in [-0.3, -0.25) is 0 Å².